The van der Waals surface area contributed by atoms with Crippen LogP contribution in [0.5, 0.6) is 0 Å². The lowest BCUT2D eigenvalue weighted by atomic mass is 9.92. The lowest BCUT2D eigenvalue weighted by Crippen LogP contribution is -2.34. The van der Waals surface area contributed by atoms with E-state index in [2.05, 4.69) is 23.0 Å². The Morgan fingerprint density at radius 3 is 2.80 bits per heavy atom. The number of carbonyl (C=O) groups excluding carboxylic acids is 1. The number of hydrogen-bond acceptors (Lipinski definition) is 3. The van der Waals surface area contributed by atoms with E-state index in [-0.39, 0.29) is 0 Å². The van der Waals surface area contributed by atoms with E-state index in [0.717, 1.165) is 36.5 Å². The number of fused-ring (bicyclic) bond motifs is 1. The number of pyridine rings is 1. The monoisotopic (exact) mass is 271 g/mol. The molecule has 0 aliphatic carbocycles. The first-order valence-corrected chi connectivity index (χ1v) is 7.43. The van der Waals surface area contributed by atoms with Crippen LogP contribution < -0.4 is 0 Å². The van der Waals surface area contributed by atoms with Crippen LogP contribution in [0.4, 0.5) is 0 Å². The molecule has 0 amide bonds. The summed E-state index contributed by atoms with van der Waals surface area (Å²) in [6.45, 7) is 5.82. The van der Waals surface area contributed by atoms with Gasteiger partial charge in [0.2, 0.25) is 0 Å². The zero-order chi connectivity index (χ0) is 13.9. The molecule has 0 unspecified atom stereocenters. The Morgan fingerprint density at radius 2 is 2.10 bits per heavy atom. The molecule has 0 bridgehead atoms. The van der Waals surface area contributed by atoms with Crippen LogP contribution in [0, 0.1) is 5.92 Å². The minimum absolute atomic E-state index is 0.692. The Hall–Kier alpha value is -1.68. The molecule has 3 rings (SSSR count). The molecule has 4 heteroatoms. The maximum Gasteiger partial charge on any atom is 0.151 e. The maximum absolute atomic E-state index is 10.8. The van der Waals surface area contributed by atoms with Gasteiger partial charge in [-0.2, -0.15) is 0 Å². The van der Waals surface area contributed by atoms with Crippen LogP contribution in [0.1, 0.15) is 35.8 Å². The summed E-state index contributed by atoms with van der Waals surface area (Å²) in [4.78, 5) is 18.0. The van der Waals surface area contributed by atoms with E-state index in [1.54, 1.807) is 0 Å². The topological polar surface area (TPSA) is 37.6 Å². The highest BCUT2D eigenvalue weighted by molar-refractivity contribution is 5.74. The minimum Gasteiger partial charge on any atom is -0.306 e. The van der Waals surface area contributed by atoms with Crippen LogP contribution in [0.3, 0.4) is 0 Å². The van der Waals surface area contributed by atoms with E-state index >= 15 is 0 Å². The third kappa shape index (κ3) is 2.75. The molecule has 4 nitrogen and oxygen atoms in total. The van der Waals surface area contributed by atoms with Gasteiger partial charge in [0.1, 0.15) is 5.65 Å². The standard InChI is InChI=1S/C16H21N3O/c1-2-18-7-5-13(6-8-18)9-15-11-19-10-14(12-20)3-4-16(19)17-15/h3-4,10-13H,2,5-9H2,1H3. The molecule has 20 heavy (non-hydrogen) atoms. The summed E-state index contributed by atoms with van der Waals surface area (Å²) < 4.78 is 1.96. The van der Waals surface area contributed by atoms with Gasteiger partial charge in [-0.15, -0.1) is 0 Å². The lowest BCUT2D eigenvalue weighted by Gasteiger charge is -2.30. The van der Waals surface area contributed by atoms with Gasteiger partial charge >= 0.3 is 0 Å². The zero-order valence-corrected chi connectivity index (χ0v) is 12.0. The van der Waals surface area contributed by atoms with Crippen molar-refractivity contribution < 1.29 is 4.79 Å². The summed E-state index contributed by atoms with van der Waals surface area (Å²) in [6, 6.07) is 3.73. The van der Waals surface area contributed by atoms with Gasteiger partial charge in [-0.05, 0) is 56.9 Å². The van der Waals surface area contributed by atoms with Crippen molar-refractivity contribution in [3.63, 3.8) is 0 Å². The molecule has 1 saturated heterocycles. The van der Waals surface area contributed by atoms with E-state index in [1.165, 1.54) is 25.9 Å². The quantitative estimate of drug-likeness (QED) is 0.801. The summed E-state index contributed by atoms with van der Waals surface area (Å²) in [5, 5.41) is 0. The van der Waals surface area contributed by atoms with Crippen LogP contribution in [0.15, 0.2) is 24.5 Å². The zero-order valence-electron chi connectivity index (χ0n) is 12.0. The molecular weight excluding hydrogens is 250 g/mol. The highest BCUT2D eigenvalue weighted by Crippen LogP contribution is 2.21. The van der Waals surface area contributed by atoms with Gasteiger partial charge in [0.25, 0.3) is 0 Å². The number of aromatic nitrogens is 2. The number of aldehydes is 1. The van der Waals surface area contributed by atoms with Crippen molar-refractivity contribution in [3.05, 3.63) is 35.8 Å². The largest absolute Gasteiger partial charge is 0.306 e. The predicted molar refractivity (Wildman–Crippen MR) is 79.1 cm³/mol. The van der Waals surface area contributed by atoms with Crippen LogP contribution in [0.2, 0.25) is 0 Å². The van der Waals surface area contributed by atoms with E-state index in [0.29, 0.717) is 5.56 Å². The first-order valence-electron chi connectivity index (χ1n) is 7.43. The van der Waals surface area contributed by atoms with Gasteiger partial charge in [0, 0.05) is 18.0 Å². The maximum atomic E-state index is 10.8. The molecular formula is C16H21N3O. The molecule has 2 aromatic rings. The average molecular weight is 271 g/mol. The normalized spacial score (nSPS) is 17.6. The Labute approximate surface area is 119 Å². The Balaban J connectivity index is 1.70. The summed E-state index contributed by atoms with van der Waals surface area (Å²) in [5.74, 6) is 0.744. The van der Waals surface area contributed by atoms with Crippen molar-refractivity contribution in [2.24, 2.45) is 5.92 Å². The smallest absolute Gasteiger partial charge is 0.151 e. The minimum atomic E-state index is 0.692. The van der Waals surface area contributed by atoms with Crippen molar-refractivity contribution >= 4 is 11.9 Å². The Kier molecular flexibility index (Phi) is 3.83. The Morgan fingerprint density at radius 1 is 1.30 bits per heavy atom. The van der Waals surface area contributed by atoms with E-state index in [1.807, 2.05) is 22.7 Å². The molecule has 2 aromatic heterocycles. The highest BCUT2D eigenvalue weighted by Gasteiger charge is 2.19. The summed E-state index contributed by atoms with van der Waals surface area (Å²) in [6.07, 6.45) is 8.37. The van der Waals surface area contributed by atoms with E-state index < -0.39 is 0 Å². The van der Waals surface area contributed by atoms with Crippen LogP contribution in [0.25, 0.3) is 5.65 Å². The molecule has 1 fully saturated rings. The summed E-state index contributed by atoms with van der Waals surface area (Å²) in [7, 11) is 0. The average Bonchev–Trinajstić information content (AvgIpc) is 2.89. The van der Waals surface area contributed by atoms with Crippen molar-refractivity contribution in [3.8, 4) is 0 Å². The first kappa shape index (κ1) is 13.3. The number of likely N-dealkylation sites (tertiary alicyclic amines) is 1. The van der Waals surface area contributed by atoms with Crippen molar-refractivity contribution in [2.45, 2.75) is 26.2 Å². The van der Waals surface area contributed by atoms with Gasteiger partial charge in [-0.25, -0.2) is 4.98 Å². The van der Waals surface area contributed by atoms with Crippen molar-refractivity contribution in [2.75, 3.05) is 19.6 Å². The number of imidazole rings is 1. The second kappa shape index (κ2) is 5.75. The fourth-order valence-electron chi connectivity index (χ4n) is 3.03. The summed E-state index contributed by atoms with van der Waals surface area (Å²) >= 11 is 0. The molecule has 1 aliphatic heterocycles. The van der Waals surface area contributed by atoms with Gasteiger partial charge < -0.3 is 9.30 Å². The summed E-state index contributed by atoms with van der Waals surface area (Å²) in [5.41, 5.74) is 2.76. The SMILES string of the molecule is CCN1CCC(Cc2cn3cc(C=O)ccc3n2)CC1. The van der Waals surface area contributed by atoms with Gasteiger partial charge in [-0.1, -0.05) is 6.92 Å². The molecule has 0 spiro atoms. The number of hydrogen-bond donors (Lipinski definition) is 0. The van der Waals surface area contributed by atoms with Crippen LogP contribution in [-0.2, 0) is 6.42 Å². The molecule has 1 aliphatic rings. The van der Waals surface area contributed by atoms with Gasteiger partial charge in [-0.3, -0.25) is 4.79 Å². The molecule has 0 N–H and O–H groups in total. The molecule has 0 saturated carbocycles. The number of carbonyl (C=O) groups is 1. The predicted octanol–water partition coefficient (Wildman–Crippen LogP) is 2.42. The number of rotatable bonds is 4. The second-order valence-electron chi connectivity index (χ2n) is 5.66. The molecule has 0 aromatic carbocycles. The fraction of sp³-hybridized carbons (Fsp3) is 0.500. The number of piperidine rings is 1. The molecule has 3 heterocycles. The van der Waals surface area contributed by atoms with Gasteiger partial charge in [0.05, 0.1) is 5.69 Å². The van der Waals surface area contributed by atoms with Crippen LogP contribution in [-0.4, -0.2) is 40.2 Å². The highest BCUT2D eigenvalue weighted by atomic mass is 16.1. The number of nitrogens with zero attached hydrogens (tertiary/aromatic N) is 3. The third-order valence-corrected chi connectivity index (χ3v) is 4.31. The molecule has 0 radical (unpaired) electrons. The van der Waals surface area contributed by atoms with Crippen molar-refractivity contribution in [1.82, 2.24) is 14.3 Å². The van der Waals surface area contributed by atoms with Gasteiger partial charge in [0.15, 0.2) is 6.29 Å². The van der Waals surface area contributed by atoms with Crippen LogP contribution >= 0.6 is 0 Å². The fourth-order valence-corrected chi connectivity index (χ4v) is 3.03. The van der Waals surface area contributed by atoms with E-state index in [4.69, 9.17) is 0 Å². The molecule has 0 atom stereocenters. The first-order chi connectivity index (χ1) is 9.78. The van der Waals surface area contributed by atoms with Crippen molar-refractivity contribution in [1.29, 1.82) is 0 Å². The third-order valence-electron chi connectivity index (χ3n) is 4.31. The Bertz CT molecular complexity index is 597. The second-order valence-corrected chi connectivity index (χ2v) is 5.66. The lowest BCUT2D eigenvalue weighted by molar-refractivity contribution is 0.112. The van der Waals surface area contributed by atoms with E-state index in [9.17, 15) is 4.79 Å². The molecule has 106 valence electrons.